The molecule has 38 heavy (non-hydrogen) atoms. The molecule has 9 heteroatoms. The molecule has 0 spiro atoms. The summed E-state index contributed by atoms with van der Waals surface area (Å²) in [6.07, 6.45) is 1.71. The van der Waals surface area contributed by atoms with Crippen LogP contribution >= 0.6 is 11.3 Å². The number of ether oxygens (including phenoxy) is 2. The van der Waals surface area contributed by atoms with Crippen molar-refractivity contribution in [3.05, 3.63) is 109 Å². The number of carbonyl (C=O) groups excluding carboxylic acids is 1. The van der Waals surface area contributed by atoms with Gasteiger partial charge in [0.25, 0.3) is 5.56 Å². The van der Waals surface area contributed by atoms with Crippen LogP contribution < -0.4 is 24.5 Å². The second-order valence-electron chi connectivity index (χ2n) is 8.78. The van der Waals surface area contributed by atoms with E-state index in [1.165, 1.54) is 11.3 Å². The van der Waals surface area contributed by atoms with Crippen LogP contribution in [-0.4, -0.2) is 38.3 Å². The standard InChI is InChI=1S/C29H27N3O5S/c1-5-36-28(34)24-25(18-9-7-6-8-10-18)30-29-32(26(24)19-11-13-20(35-4)14-12-19)27(33)22(38-29)17-21-15-16-23(37-21)31(2)3/h6-17,26H,5H2,1-4H3/b22-17-/t26-/m1/s1. The van der Waals surface area contributed by atoms with E-state index in [1.54, 1.807) is 24.7 Å². The van der Waals surface area contributed by atoms with Gasteiger partial charge in [-0.1, -0.05) is 53.8 Å². The van der Waals surface area contributed by atoms with Crippen LogP contribution in [0.1, 0.15) is 29.9 Å². The molecule has 2 aromatic heterocycles. The van der Waals surface area contributed by atoms with E-state index in [9.17, 15) is 9.59 Å². The van der Waals surface area contributed by atoms with Gasteiger partial charge in [0.05, 0.1) is 35.6 Å². The maximum atomic E-state index is 13.9. The lowest BCUT2D eigenvalue weighted by atomic mass is 9.93. The maximum absolute atomic E-state index is 13.9. The number of anilines is 1. The lowest BCUT2D eigenvalue weighted by Gasteiger charge is -2.26. The monoisotopic (exact) mass is 529 g/mol. The van der Waals surface area contributed by atoms with Gasteiger partial charge in [-0.2, -0.15) is 0 Å². The molecule has 0 N–H and O–H groups in total. The normalized spacial score (nSPS) is 15.2. The maximum Gasteiger partial charge on any atom is 0.338 e. The first-order valence-corrected chi connectivity index (χ1v) is 12.9. The molecule has 0 fully saturated rings. The van der Waals surface area contributed by atoms with Crippen molar-refractivity contribution in [3.8, 4) is 5.75 Å². The lowest BCUT2D eigenvalue weighted by molar-refractivity contribution is -0.138. The number of hydrogen-bond donors (Lipinski definition) is 0. The molecular formula is C29H27N3O5S. The molecule has 3 heterocycles. The van der Waals surface area contributed by atoms with E-state index in [-0.39, 0.29) is 12.2 Å². The minimum atomic E-state index is -0.748. The molecule has 1 atom stereocenters. The fourth-order valence-electron chi connectivity index (χ4n) is 4.33. The van der Waals surface area contributed by atoms with E-state index in [4.69, 9.17) is 18.9 Å². The molecule has 4 aromatic rings. The van der Waals surface area contributed by atoms with Crippen LogP contribution in [0.2, 0.25) is 0 Å². The van der Waals surface area contributed by atoms with E-state index < -0.39 is 12.0 Å². The van der Waals surface area contributed by atoms with Crippen LogP contribution in [0, 0.1) is 0 Å². The zero-order valence-electron chi connectivity index (χ0n) is 21.5. The Morgan fingerprint density at radius 1 is 1.11 bits per heavy atom. The third-order valence-electron chi connectivity index (χ3n) is 6.13. The number of rotatable bonds is 7. The summed E-state index contributed by atoms with van der Waals surface area (Å²) in [4.78, 5) is 34.5. The number of hydrogen-bond acceptors (Lipinski definition) is 8. The molecule has 0 saturated heterocycles. The largest absolute Gasteiger partial charge is 0.497 e. The number of furan rings is 1. The zero-order chi connectivity index (χ0) is 26.8. The summed E-state index contributed by atoms with van der Waals surface area (Å²) in [6, 6.07) is 19.7. The number of benzene rings is 2. The van der Waals surface area contributed by atoms with Gasteiger partial charge in [0.15, 0.2) is 10.7 Å². The third kappa shape index (κ3) is 4.68. The van der Waals surface area contributed by atoms with E-state index >= 15 is 0 Å². The van der Waals surface area contributed by atoms with Crippen molar-refractivity contribution in [3.63, 3.8) is 0 Å². The molecule has 5 rings (SSSR count). The predicted octanol–water partition coefficient (Wildman–Crippen LogP) is 3.60. The first-order chi connectivity index (χ1) is 18.4. The van der Waals surface area contributed by atoms with Gasteiger partial charge in [0.2, 0.25) is 0 Å². The Morgan fingerprint density at radius 3 is 2.47 bits per heavy atom. The van der Waals surface area contributed by atoms with Crippen molar-refractivity contribution >= 4 is 35.0 Å². The van der Waals surface area contributed by atoms with E-state index in [0.717, 1.165) is 11.1 Å². The fourth-order valence-corrected chi connectivity index (χ4v) is 5.31. The summed E-state index contributed by atoms with van der Waals surface area (Å²) in [7, 11) is 5.35. The molecule has 0 amide bonds. The number of esters is 1. The molecule has 8 nitrogen and oxygen atoms in total. The topological polar surface area (TPSA) is 86.3 Å². The predicted molar refractivity (Wildman–Crippen MR) is 147 cm³/mol. The van der Waals surface area contributed by atoms with E-state index in [0.29, 0.717) is 38.0 Å². The van der Waals surface area contributed by atoms with Gasteiger partial charge in [-0.25, -0.2) is 9.79 Å². The van der Waals surface area contributed by atoms with Gasteiger partial charge in [-0.05, 0) is 30.7 Å². The van der Waals surface area contributed by atoms with Gasteiger partial charge in [0.1, 0.15) is 11.5 Å². The highest BCUT2D eigenvalue weighted by Gasteiger charge is 2.35. The van der Waals surface area contributed by atoms with Crippen molar-refractivity contribution in [1.82, 2.24) is 4.57 Å². The Balaban J connectivity index is 1.79. The van der Waals surface area contributed by atoms with Crippen molar-refractivity contribution in [2.75, 3.05) is 32.7 Å². The minimum absolute atomic E-state index is 0.191. The molecule has 194 valence electrons. The van der Waals surface area contributed by atoms with Crippen LogP contribution in [0.4, 0.5) is 5.88 Å². The molecule has 1 aliphatic rings. The quantitative estimate of drug-likeness (QED) is 0.340. The van der Waals surface area contributed by atoms with Gasteiger partial charge >= 0.3 is 5.97 Å². The summed E-state index contributed by atoms with van der Waals surface area (Å²) in [5.74, 6) is 1.37. The highest BCUT2D eigenvalue weighted by molar-refractivity contribution is 7.07. The van der Waals surface area contributed by atoms with Gasteiger partial charge < -0.3 is 18.8 Å². The molecule has 0 radical (unpaired) electrons. The summed E-state index contributed by atoms with van der Waals surface area (Å²) in [6.45, 7) is 1.94. The first-order valence-electron chi connectivity index (χ1n) is 12.1. The van der Waals surface area contributed by atoms with Gasteiger partial charge in [0, 0.05) is 31.8 Å². The highest BCUT2D eigenvalue weighted by atomic mass is 32.1. The summed E-state index contributed by atoms with van der Waals surface area (Å²) in [5.41, 5.74) is 2.00. The van der Waals surface area contributed by atoms with Crippen molar-refractivity contribution in [1.29, 1.82) is 0 Å². The fraction of sp³-hybridized carbons (Fsp3) is 0.207. The smallest absolute Gasteiger partial charge is 0.338 e. The van der Waals surface area contributed by atoms with E-state index in [1.807, 2.05) is 85.7 Å². The average molecular weight is 530 g/mol. The van der Waals surface area contributed by atoms with Crippen LogP contribution in [0.25, 0.3) is 11.8 Å². The zero-order valence-corrected chi connectivity index (χ0v) is 22.3. The Morgan fingerprint density at radius 2 is 1.84 bits per heavy atom. The first kappa shape index (κ1) is 25.3. The third-order valence-corrected chi connectivity index (χ3v) is 7.11. The number of fused-ring (bicyclic) bond motifs is 1. The molecule has 2 aromatic carbocycles. The molecule has 0 unspecified atom stereocenters. The van der Waals surface area contributed by atoms with Gasteiger partial charge in [-0.3, -0.25) is 9.36 Å². The Hall–Kier alpha value is -4.37. The second-order valence-corrected chi connectivity index (χ2v) is 9.78. The number of thiazole rings is 1. The molecule has 1 aliphatic heterocycles. The molecule has 0 bridgehead atoms. The average Bonchev–Trinajstić information content (AvgIpc) is 3.53. The SMILES string of the molecule is CCOC(=O)C1=C(c2ccccc2)N=c2s/c(=C\c3ccc(N(C)C)o3)c(=O)n2[C@@H]1c1ccc(OC)cc1. The lowest BCUT2D eigenvalue weighted by Crippen LogP contribution is -2.40. The van der Waals surface area contributed by atoms with Crippen LogP contribution in [0.5, 0.6) is 5.75 Å². The number of aromatic nitrogens is 1. The van der Waals surface area contributed by atoms with Crippen LogP contribution in [0.3, 0.4) is 0 Å². The Labute approximate surface area is 223 Å². The van der Waals surface area contributed by atoms with Crippen molar-refractivity contribution in [2.45, 2.75) is 13.0 Å². The van der Waals surface area contributed by atoms with Gasteiger partial charge in [-0.15, -0.1) is 0 Å². The number of methoxy groups -OCH3 is 1. The number of carbonyl (C=O) groups is 1. The summed E-state index contributed by atoms with van der Waals surface area (Å²) < 4.78 is 18.7. The summed E-state index contributed by atoms with van der Waals surface area (Å²) >= 11 is 1.25. The number of nitrogens with zero attached hydrogens (tertiary/aromatic N) is 3. The molecule has 0 saturated carbocycles. The van der Waals surface area contributed by atoms with Crippen LogP contribution in [-0.2, 0) is 9.53 Å². The van der Waals surface area contributed by atoms with Crippen molar-refractivity contribution in [2.24, 2.45) is 4.99 Å². The van der Waals surface area contributed by atoms with Crippen molar-refractivity contribution < 1.29 is 18.7 Å². The molecule has 0 aliphatic carbocycles. The Kier molecular flexibility index (Phi) is 7.02. The summed E-state index contributed by atoms with van der Waals surface area (Å²) in [5, 5.41) is 0. The second kappa shape index (κ2) is 10.5. The molecular weight excluding hydrogens is 502 g/mol. The minimum Gasteiger partial charge on any atom is -0.497 e. The van der Waals surface area contributed by atoms with Crippen LogP contribution in [0.15, 0.2) is 86.5 Å². The van der Waals surface area contributed by atoms with E-state index in [2.05, 4.69) is 0 Å². The highest BCUT2D eigenvalue weighted by Crippen LogP contribution is 2.35. The Bertz CT molecular complexity index is 1680.